The SMILES string of the molecule is CCCCCC(=O)OC[C@@H](O)[C@H](O)C1(O)COC(=O)C1. The number of rotatable bonds is 8. The Bertz CT molecular complexity index is 344. The average Bonchev–Trinajstić information content (AvgIpc) is 2.76. The van der Waals surface area contributed by atoms with E-state index in [0.29, 0.717) is 6.42 Å². The maximum absolute atomic E-state index is 11.3. The van der Waals surface area contributed by atoms with Gasteiger partial charge in [-0.1, -0.05) is 19.8 Å². The predicted molar refractivity (Wildman–Crippen MR) is 67.6 cm³/mol. The van der Waals surface area contributed by atoms with E-state index in [2.05, 4.69) is 4.74 Å². The summed E-state index contributed by atoms with van der Waals surface area (Å²) in [5.74, 6) is -1.11. The number of hydrogen-bond acceptors (Lipinski definition) is 7. The number of unbranched alkanes of at least 4 members (excludes halogenated alkanes) is 2. The van der Waals surface area contributed by atoms with Gasteiger partial charge in [-0.25, -0.2) is 0 Å². The Labute approximate surface area is 117 Å². The zero-order valence-corrected chi connectivity index (χ0v) is 11.6. The number of carbonyl (C=O) groups is 2. The Morgan fingerprint density at radius 3 is 2.70 bits per heavy atom. The van der Waals surface area contributed by atoms with Crippen LogP contribution in [0.25, 0.3) is 0 Å². The highest BCUT2D eigenvalue weighted by Crippen LogP contribution is 2.25. The van der Waals surface area contributed by atoms with Crippen molar-refractivity contribution in [3.05, 3.63) is 0 Å². The summed E-state index contributed by atoms with van der Waals surface area (Å²) in [6, 6.07) is 0. The number of aliphatic hydroxyl groups excluding tert-OH is 2. The molecule has 1 saturated heterocycles. The molecule has 0 aromatic rings. The molecule has 0 aromatic heterocycles. The van der Waals surface area contributed by atoms with Crippen molar-refractivity contribution in [2.75, 3.05) is 13.2 Å². The summed E-state index contributed by atoms with van der Waals surface area (Å²) in [5.41, 5.74) is -1.83. The molecule has 1 aliphatic rings. The van der Waals surface area contributed by atoms with Gasteiger partial charge >= 0.3 is 11.9 Å². The Morgan fingerprint density at radius 1 is 1.45 bits per heavy atom. The number of aliphatic hydroxyl groups is 3. The molecule has 116 valence electrons. The molecule has 7 heteroatoms. The van der Waals surface area contributed by atoms with Crippen molar-refractivity contribution in [3.8, 4) is 0 Å². The van der Waals surface area contributed by atoms with Gasteiger partial charge in [0, 0.05) is 6.42 Å². The normalized spacial score (nSPS) is 25.1. The minimum atomic E-state index is -1.83. The number of carbonyl (C=O) groups excluding carboxylic acids is 2. The molecule has 0 aromatic carbocycles. The summed E-state index contributed by atoms with van der Waals surface area (Å²) in [5, 5.41) is 29.4. The molecule has 1 aliphatic heterocycles. The second-order valence-corrected chi connectivity index (χ2v) is 5.09. The Kier molecular flexibility index (Phi) is 6.38. The fourth-order valence-corrected chi connectivity index (χ4v) is 1.97. The fourth-order valence-electron chi connectivity index (χ4n) is 1.97. The summed E-state index contributed by atoms with van der Waals surface area (Å²) in [6.45, 7) is 1.20. The molecule has 0 amide bonds. The molecule has 20 heavy (non-hydrogen) atoms. The third-order valence-corrected chi connectivity index (χ3v) is 3.25. The molecule has 7 nitrogen and oxygen atoms in total. The van der Waals surface area contributed by atoms with Gasteiger partial charge in [0.15, 0.2) is 0 Å². The van der Waals surface area contributed by atoms with Crippen LogP contribution in [0.5, 0.6) is 0 Å². The third-order valence-electron chi connectivity index (χ3n) is 3.25. The molecule has 1 unspecified atom stereocenters. The summed E-state index contributed by atoms with van der Waals surface area (Å²) in [6.07, 6.45) is -0.616. The van der Waals surface area contributed by atoms with Crippen LogP contribution in [0.3, 0.4) is 0 Å². The zero-order valence-electron chi connectivity index (χ0n) is 11.6. The maximum atomic E-state index is 11.3. The Hall–Kier alpha value is -1.18. The van der Waals surface area contributed by atoms with E-state index in [0.717, 1.165) is 12.8 Å². The summed E-state index contributed by atoms with van der Waals surface area (Å²) < 4.78 is 9.38. The number of cyclic esters (lactones) is 1. The van der Waals surface area contributed by atoms with Crippen LogP contribution in [0, 0.1) is 0 Å². The van der Waals surface area contributed by atoms with Crippen molar-refractivity contribution < 1.29 is 34.4 Å². The van der Waals surface area contributed by atoms with Gasteiger partial charge in [-0.15, -0.1) is 0 Å². The highest BCUT2D eigenvalue weighted by Gasteiger charge is 2.47. The zero-order chi connectivity index (χ0) is 15.2. The Balaban J connectivity index is 2.33. The van der Waals surface area contributed by atoms with Crippen LogP contribution in [0.2, 0.25) is 0 Å². The first-order valence-corrected chi connectivity index (χ1v) is 6.79. The summed E-state index contributed by atoms with van der Waals surface area (Å²) in [4.78, 5) is 22.3. The van der Waals surface area contributed by atoms with Crippen LogP contribution in [0.4, 0.5) is 0 Å². The molecule has 0 spiro atoms. The van der Waals surface area contributed by atoms with Crippen LogP contribution >= 0.6 is 0 Å². The summed E-state index contributed by atoms with van der Waals surface area (Å²) >= 11 is 0. The lowest BCUT2D eigenvalue weighted by atomic mass is 9.92. The van der Waals surface area contributed by atoms with Gasteiger partial charge in [0.2, 0.25) is 0 Å². The molecule has 1 heterocycles. The van der Waals surface area contributed by atoms with E-state index in [-0.39, 0.29) is 13.0 Å². The first-order valence-electron chi connectivity index (χ1n) is 6.79. The smallest absolute Gasteiger partial charge is 0.309 e. The van der Waals surface area contributed by atoms with E-state index in [9.17, 15) is 24.9 Å². The van der Waals surface area contributed by atoms with Gasteiger partial charge in [0.25, 0.3) is 0 Å². The lowest BCUT2D eigenvalue weighted by molar-refractivity contribution is -0.160. The number of ether oxygens (including phenoxy) is 2. The minimum absolute atomic E-state index is 0.253. The lowest BCUT2D eigenvalue weighted by Gasteiger charge is -2.29. The van der Waals surface area contributed by atoms with Crippen LogP contribution in [0.15, 0.2) is 0 Å². The van der Waals surface area contributed by atoms with Crippen molar-refractivity contribution in [2.24, 2.45) is 0 Å². The van der Waals surface area contributed by atoms with Gasteiger partial charge in [-0.2, -0.15) is 0 Å². The predicted octanol–water partition coefficient (Wildman–Crippen LogP) is -0.490. The molecular formula is C13H22O7. The second-order valence-electron chi connectivity index (χ2n) is 5.09. The average molecular weight is 290 g/mol. The molecule has 0 aliphatic carbocycles. The Morgan fingerprint density at radius 2 is 2.15 bits per heavy atom. The van der Waals surface area contributed by atoms with Gasteiger partial charge in [0.05, 0.1) is 6.42 Å². The van der Waals surface area contributed by atoms with Gasteiger partial charge in [-0.05, 0) is 6.42 Å². The first-order chi connectivity index (χ1) is 9.39. The largest absolute Gasteiger partial charge is 0.463 e. The minimum Gasteiger partial charge on any atom is -0.463 e. The third kappa shape index (κ3) is 4.73. The first kappa shape index (κ1) is 16.9. The highest BCUT2D eigenvalue weighted by molar-refractivity contribution is 5.73. The number of esters is 2. The van der Waals surface area contributed by atoms with Crippen molar-refractivity contribution in [2.45, 2.75) is 56.8 Å². The van der Waals surface area contributed by atoms with Gasteiger partial charge < -0.3 is 24.8 Å². The van der Waals surface area contributed by atoms with E-state index in [1.54, 1.807) is 0 Å². The topological polar surface area (TPSA) is 113 Å². The van der Waals surface area contributed by atoms with E-state index in [1.165, 1.54) is 0 Å². The van der Waals surface area contributed by atoms with Crippen molar-refractivity contribution in [1.82, 2.24) is 0 Å². The fraction of sp³-hybridized carbons (Fsp3) is 0.846. The lowest BCUT2D eigenvalue weighted by Crippen LogP contribution is -2.51. The monoisotopic (exact) mass is 290 g/mol. The van der Waals surface area contributed by atoms with E-state index in [4.69, 9.17) is 4.74 Å². The van der Waals surface area contributed by atoms with E-state index < -0.39 is 42.8 Å². The van der Waals surface area contributed by atoms with E-state index in [1.807, 2.05) is 6.92 Å². The standard InChI is InChI=1S/C13H22O7/c1-2-3-4-5-10(15)19-7-9(14)12(17)13(18)6-11(16)20-8-13/h9,12,14,17-18H,2-8H2,1H3/t9-,12+,13?/m1/s1. The molecule has 1 rings (SSSR count). The van der Waals surface area contributed by atoms with Gasteiger partial charge in [0.1, 0.15) is 31.0 Å². The van der Waals surface area contributed by atoms with Crippen LogP contribution < -0.4 is 0 Å². The van der Waals surface area contributed by atoms with Crippen molar-refractivity contribution in [3.63, 3.8) is 0 Å². The number of hydrogen-bond donors (Lipinski definition) is 3. The highest BCUT2D eigenvalue weighted by atomic mass is 16.6. The maximum Gasteiger partial charge on any atom is 0.309 e. The van der Waals surface area contributed by atoms with Crippen molar-refractivity contribution in [1.29, 1.82) is 0 Å². The molecule has 3 N–H and O–H groups in total. The van der Waals surface area contributed by atoms with E-state index >= 15 is 0 Å². The molecule has 3 atom stereocenters. The van der Waals surface area contributed by atoms with Crippen LogP contribution in [0.1, 0.15) is 39.0 Å². The summed E-state index contributed by atoms with van der Waals surface area (Å²) in [7, 11) is 0. The van der Waals surface area contributed by atoms with Crippen LogP contribution in [-0.4, -0.2) is 58.3 Å². The molecule has 0 saturated carbocycles. The quantitative estimate of drug-likeness (QED) is 0.408. The van der Waals surface area contributed by atoms with Gasteiger partial charge in [-0.3, -0.25) is 9.59 Å². The van der Waals surface area contributed by atoms with Crippen molar-refractivity contribution >= 4 is 11.9 Å². The molecule has 0 bridgehead atoms. The molecule has 0 radical (unpaired) electrons. The second kappa shape index (κ2) is 7.56. The molecular weight excluding hydrogens is 268 g/mol. The molecule has 1 fully saturated rings. The van der Waals surface area contributed by atoms with Crippen LogP contribution in [-0.2, 0) is 19.1 Å².